The predicted molar refractivity (Wildman–Crippen MR) is 48.6 cm³/mol. The van der Waals surface area contributed by atoms with Crippen molar-refractivity contribution >= 4 is 5.91 Å². The lowest BCUT2D eigenvalue weighted by molar-refractivity contribution is -0.120. The molecular weight excluding hydrogens is 152 g/mol. The van der Waals surface area contributed by atoms with Gasteiger partial charge >= 0.3 is 0 Å². The zero-order valence-corrected chi connectivity index (χ0v) is 7.68. The van der Waals surface area contributed by atoms with Crippen LogP contribution in [0.4, 0.5) is 0 Å². The molecule has 1 saturated heterocycles. The SMILES string of the molecule is CCCC1CCN[C@H](C(N)=O)C1. The van der Waals surface area contributed by atoms with E-state index in [1.807, 2.05) is 0 Å². The number of nitrogens with two attached hydrogens (primary N) is 1. The van der Waals surface area contributed by atoms with Crippen LogP contribution < -0.4 is 11.1 Å². The Hall–Kier alpha value is -0.570. The first-order valence-corrected chi connectivity index (χ1v) is 4.76. The minimum atomic E-state index is -0.198. The van der Waals surface area contributed by atoms with E-state index in [9.17, 15) is 4.79 Å². The van der Waals surface area contributed by atoms with Crippen LogP contribution in [0.5, 0.6) is 0 Å². The van der Waals surface area contributed by atoms with E-state index in [1.54, 1.807) is 0 Å². The summed E-state index contributed by atoms with van der Waals surface area (Å²) in [6, 6.07) is -0.0738. The normalized spacial score (nSPS) is 30.1. The molecule has 3 N–H and O–H groups in total. The maximum Gasteiger partial charge on any atom is 0.234 e. The van der Waals surface area contributed by atoms with Gasteiger partial charge in [-0.15, -0.1) is 0 Å². The summed E-state index contributed by atoms with van der Waals surface area (Å²) in [6.07, 6.45) is 4.56. The highest BCUT2D eigenvalue weighted by Crippen LogP contribution is 2.20. The van der Waals surface area contributed by atoms with Crippen molar-refractivity contribution in [1.82, 2.24) is 5.32 Å². The molecule has 1 unspecified atom stereocenters. The highest BCUT2D eigenvalue weighted by atomic mass is 16.1. The van der Waals surface area contributed by atoms with Crippen LogP contribution in [0.25, 0.3) is 0 Å². The summed E-state index contributed by atoms with van der Waals surface area (Å²) >= 11 is 0. The summed E-state index contributed by atoms with van der Waals surface area (Å²) in [6.45, 7) is 3.12. The van der Waals surface area contributed by atoms with Crippen molar-refractivity contribution in [1.29, 1.82) is 0 Å². The molecule has 0 spiro atoms. The van der Waals surface area contributed by atoms with Crippen molar-refractivity contribution in [3.05, 3.63) is 0 Å². The van der Waals surface area contributed by atoms with Gasteiger partial charge in [0.15, 0.2) is 0 Å². The molecule has 0 saturated carbocycles. The average molecular weight is 170 g/mol. The Kier molecular flexibility index (Phi) is 3.53. The molecule has 1 amide bonds. The number of hydrogen-bond donors (Lipinski definition) is 2. The third-order valence-electron chi connectivity index (χ3n) is 2.55. The number of nitrogens with one attached hydrogen (secondary N) is 1. The molecule has 0 aromatic heterocycles. The molecule has 3 heteroatoms. The van der Waals surface area contributed by atoms with Gasteiger partial charge in [0.05, 0.1) is 6.04 Å². The van der Waals surface area contributed by atoms with Crippen molar-refractivity contribution in [3.63, 3.8) is 0 Å². The average Bonchev–Trinajstić information content (AvgIpc) is 2.05. The van der Waals surface area contributed by atoms with Gasteiger partial charge in [-0.05, 0) is 25.3 Å². The number of primary amides is 1. The standard InChI is InChI=1S/C9H18N2O/c1-2-3-7-4-5-11-8(6-7)9(10)12/h7-8,11H,2-6H2,1H3,(H2,10,12)/t7?,8-/m0/s1. The smallest absolute Gasteiger partial charge is 0.234 e. The quantitative estimate of drug-likeness (QED) is 0.653. The second-order valence-corrected chi connectivity index (χ2v) is 3.59. The van der Waals surface area contributed by atoms with Gasteiger partial charge in [-0.1, -0.05) is 19.8 Å². The van der Waals surface area contributed by atoms with Crippen molar-refractivity contribution in [3.8, 4) is 0 Å². The van der Waals surface area contributed by atoms with Crippen LogP contribution in [0.2, 0.25) is 0 Å². The fraction of sp³-hybridized carbons (Fsp3) is 0.889. The molecule has 0 bridgehead atoms. The Morgan fingerprint density at radius 2 is 2.42 bits per heavy atom. The second kappa shape index (κ2) is 4.45. The summed E-state index contributed by atoms with van der Waals surface area (Å²) in [7, 11) is 0. The van der Waals surface area contributed by atoms with Crippen LogP contribution in [0.3, 0.4) is 0 Å². The summed E-state index contributed by atoms with van der Waals surface area (Å²) in [5, 5.41) is 3.13. The summed E-state index contributed by atoms with van der Waals surface area (Å²) in [4.78, 5) is 10.9. The van der Waals surface area contributed by atoms with Gasteiger partial charge in [0.25, 0.3) is 0 Å². The highest BCUT2D eigenvalue weighted by Gasteiger charge is 2.24. The lowest BCUT2D eigenvalue weighted by Gasteiger charge is -2.28. The molecule has 0 aliphatic carbocycles. The first-order chi connectivity index (χ1) is 5.74. The topological polar surface area (TPSA) is 55.1 Å². The van der Waals surface area contributed by atoms with E-state index < -0.39 is 0 Å². The molecule has 0 aromatic rings. The molecule has 1 rings (SSSR count). The molecule has 1 aliphatic rings. The van der Waals surface area contributed by atoms with E-state index in [0.29, 0.717) is 5.92 Å². The number of carbonyl (C=O) groups excluding carboxylic acids is 1. The summed E-state index contributed by atoms with van der Waals surface area (Å²) < 4.78 is 0. The molecule has 1 aliphatic heterocycles. The molecule has 1 heterocycles. The third-order valence-corrected chi connectivity index (χ3v) is 2.55. The second-order valence-electron chi connectivity index (χ2n) is 3.59. The summed E-state index contributed by atoms with van der Waals surface area (Å²) in [5.74, 6) is 0.504. The van der Waals surface area contributed by atoms with Crippen molar-refractivity contribution in [2.24, 2.45) is 11.7 Å². The van der Waals surface area contributed by atoms with E-state index in [-0.39, 0.29) is 11.9 Å². The van der Waals surface area contributed by atoms with Gasteiger partial charge in [0.1, 0.15) is 0 Å². The number of carbonyl (C=O) groups is 1. The Morgan fingerprint density at radius 3 is 3.00 bits per heavy atom. The van der Waals surface area contributed by atoms with Gasteiger partial charge in [0.2, 0.25) is 5.91 Å². The molecule has 2 atom stereocenters. The number of rotatable bonds is 3. The first-order valence-electron chi connectivity index (χ1n) is 4.76. The van der Waals surface area contributed by atoms with Gasteiger partial charge in [-0.3, -0.25) is 4.79 Å². The Balaban J connectivity index is 2.35. The summed E-state index contributed by atoms with van der Waals surface area (Å²) in [5.41, 5.74) is 5.22. The molecule has 1 fully saturated rings. The van der Waals surface area contributed by atoms with E-state index in [4.69, 9.17) is 5.73 Å². The zero-order valence-electron chi connectivity index (χ0n) is 7.68. The number of hydrogen-bond acceptors (Lipinski definition) is 2. The van der Waals surface area contributed by atoms with Crippen molar-refractivity contribution < 1.29 is 4.79 Å². The van der Waals surface area contributed by atoms with Gasteiger partial charge in [0, 0.05) is 0 Å². The van der Waals surface area contributed by atoms with Crippen LogP contribution >= 0.6 is 0 Å². The monoisotopic (exact) mass is 170 g/mol. The van der Waals surface area contributed by atoms with E-state index in [0.717, 1.165) is 13.0 Å². The fourth-order valence-corrected chi connectivity index (χ4v) is 1.88. The Bertz CT molecular complexity index is 157. The Morgan fingerprint density at radius 1 is 1.67 bits per heavy atom. The largest absolute Gasteiger partial charge is 0.368 e. The lowest BCUT2D eigenvalue weighted by atomic mass is 9.89. The minimum absolute atomic E-state index is 0.0738. The molecule has 0 aromatic carbocycles. The van der Waals surface area contributed by atoms with E-state index in [1.165, 1.54) is 19.3 Å². The highest BCUT2D eigenvalue weighted by molar-refractivity contribution is 5.79. The van der Waals surface area contributed by atoms with Crippen molar-refractivity contribution in [2.45, 2.75) is 38.6 Å². The minimum Gasteiger partial charge on any atom is -0.368 e. The molecule has 12 heavy (non-hydrogen) atoms. The fourth-order valence-electron chi connectivity index (χ4n) is 1.88. The molecule has 3 nitrogen and oxygen atoms in total. The third kappa shape index (κ3) is 2.48. The lowest BCUT2D eigenvalue weighted by Crippen LogP contribution is -2.46. The Labute approximate surface area is 73.7 Å². The molecule has 0 radical (unpaired) electrons. The van der Waals surface area contributed by atoms with Crippen LogP contribution in [-0.4, -0.2) is 18.5 Å². The van der Waals surface area contributed by atoms with Gasteiger partial charge in [-0.2, -0.15) is 0 Å². The van der Waals surface area contributed by atoms with Crippen molar-refractivity contribution in [2.75, 3.05) is 6.54 Å². The number of amides is 1. The molecular formula is C9H18N2O. The van der Waals surface area contributed by atoms with Gasteiger partial charge in [-0.25, -0.2) is 0 Å². The predicted octanol–water partition coefficient (Wildman–Crippen LogP) is 0.640. The van der Waals surface area contributed by atoms with Crippen LogP contribution in [-0.2, 0) is 4.79 Å². The van der Waals surface area contributed by atoms with Crippen LogP contribution in [0.15, 0.2) is 0 Å². The maximum absolute atomic E-state index is 10.9. The molecule has 70 valence electrons. The van der Waals surface area contributed by atoms with E-state index in [2.05, 4.69) is 12.2 Å². The van der Waals surface area contributed by atoms with Crippen LogP contribution in [0, 0.1) is 5.92 Å². The van der Waals surface area contributed by atoms with Crippen LogP contribution in [0.1, 0.15) is 32.6 Å². The zero-order chi connectivity index (χ0) is 8.97. The first kappa shape index (κ1) is 9.52. The number of piperidine rings is 1. The van der Waals surface area contributed by atoms with Gasteiger partial charge < -0.3 is 11.1 Å². The maximum atomic E-state index is 10.9. The van der Waals surface area contributed by atoms with E-state index >= 15 is 0 Å².